The quantitative estimate of drug-likeness (QED) is 0.645. The number of nitrogens with one attached hydrogen (secondary N) is 1. The third-order valence-corrected chi connectivity index (χ3v) is 3.87. The van der Waals surface area contributed by atoms with Crippen molar-refractivity contribution in [1.82, 2.24) is 20.2 Å². The molecule has 6 heteroatoms. The first-order valence-corrected chi connectivity index (χ1v) is 7.23. The van der Waals surface area contributed by atoms with Gasteiger partial charge in [0.05, 0.1) is 19.3 Å². The number of hydrazine groups is 1. The van der Waals surface area contributed by atoms with Crippen LogP contribution in [0.1, 0.15) is 48.4 Å². The van der Waals surface area contributed by atoms with E-state index in [0.717, 1.165) is 11.4 Å². The van der Waals surface area contributed by atoms with Crippen molar-refractivity contribution in [3.8, 4) is 0 Å². The van der Waals surface area contributed by atoms with Gasteiger partial charge in [-0.1, -0.05) is 18.2 Å². The van der Waals surface area contributed by atoms with Crippen LogP contribution in [0.4, 0.5) is 0 Å². The molecule has 0 saturated heterocycles. The number of hydrogen-bond acceptors (Lipinski definition) is 5. The molecule has 1 aromatic heterocycles. The van der Waals surface area contributed by atoms with Gasteiger partial charge in [-0.3, -0.25) is 11.3 Å². The zero-order chi connectivity index (χ0) is 14.8. The van der Waals surface area contributed by atoms with Crippen molar-refractivity contribution in [1.29, 1.82) is 0 Å². The monoisotopic (exact) mass is 287 g/mol. The summed E-state index contributed by atoms with van der Waals surface area (Å²) in [5, 5.41) is 4.27. The van der Waals surface area contributed by atoms with E-state index in [1.54, 1.807) is 6.33 Å². The van der Waals surface area contributed by atoms with Gasteiger partial charge in [-0.25, -0.2) is 9.67 Å². The fourth-order valence-corrected chi connectivity index (χ4v) is 2.72. The van der Waals surface area contributed by atoms with Crippen LogP contribution >= 0.6 is 0 Å². The Balaban J connectivity index is 1.83. The van der Waals surface area contributed by atoms with Gasteiger partial charge in [0.1, 0.15) is 12.2 Å². The van der Waals surface area contributed by atoms with Gasteiger partial charge < -0.3 is 4.74 Å². The first kappa shape index (κ1) is 14.2. The summed E-state index contributed by atoms with van der Waals surface area (Å²) in [6.07, 6.45) is 2.30. The maximum atomic E-state index is 5.75. The van der Waals surface area contributed by atoms with Gasteiger partial charge in [-0.05, 0) is 30.5 Å². The molecule has 0 amide bonds. The molecule has 0 radical (unpaired) electrons. The highest BCUT2D eigenvalue weighted by molar-refractivity contribution is 5.34. The predicted octanol–water partition coefficient (Wildman–Crippen LogP) is 1.64. The van der Waals surface area contributed by atoms with Crippen LogP contribution in [0.3, 0.4) is 0 Å². The molecule has 0 fully saturated rings. The summed E-state index contributed by atoms with van der Waals surface area (Å²) in [4.78, 5) is 4.35. The second kappa shape index (κ2) is 5.93. The fraction of sp³-hybridized carbons (Fsp3) is 0.467. The zero-order valence-electron chi connectivity index (χ0n) is 12.4. The number of nitrogens with zero attached hydrogens (tertiary/aromatic N) is 3. The molecule has 1 aliphatic rings. The molecule has 2 heterocycles. The molecule has 21 heavy (non-hydrogen) atoms. The highest BCUT2D eigenvalue weighted by atomic mass is 16.5. The highest BCUT2D eigenvalue weighted by Gasteiger charge is 2.18. The molecule has 1 atom stereocenters. The van der Waals surface area contributed by atoms with E-state index < -0.39 is 0 Å². The van der Waals surface area contributed by atoms with Crippen molar-refractivity contribution in [2.75, 3.05) is 0 Å². The Hall–Kier alpha value is -1.76. The molecular weight excluding hydrogens is 266 g/mol. The minimum Gasteiger partial charge on any atom is -0.372 e. The summed E-state index contributed by atoms with van der Waals surface area (Å²) in [6, 6.07) is 6.69. The lowest BCUT2D eigenvalue weighted by atomic mass is 9.99. The Kier molecular flexibility index (Phi) is 4.01. The standard InChI is InChI=1S/C15H21N5O/c1-10(2)20-15(17-9-18-20)6-14(19-16)11-3-4-12-7-21-8-13(12)5-11/h3-5,9-10,14,19H,6-8,16H2,1-2H3. The molecule has 3 rings (SSSR count). The summed E-state index contributed by atoms with van der Waals surface area (Å²) in [5.41, 5.74) is 6.56. The van der Waals surface area contributed by atoms with Gasteiger partial charge in [0.25, 0.3) is 0 Å². The number of fused-ring (bicyclic) bond motifs is 1. The van der Waals surface area contributed by atoms with E-state index in [1.807, 2.05) is 4.68 Å². The maximum Gasteiger partial charge on any atom is 0.138 e. The second-order valence-corrected chi connectivity index (χ2v) is 5.66. The Bertz CT molecular complexity index is 622. The minimum absolute atomic E-state index is 0.0117. The van der Waals surface area contributed by atoms with Gasteiger partial charge in [-0.15, -0.1) is 0 Å². The van der Waals surface area contributed by atoms with E-state index in [-0.39, 0.29) is 12.1 Å². The number of hydrogen-bond donors (Lipinski definition) is 2. The number of ether oxygens (including phenoxy) is 1. The average Bonchev–Trinajstić information content (AvgIpc) is 3.12. The van der Waals surface area contributed by atoms with Gasteiger partial charge in [0.15, 0.2) is 0 Å². The Morgan fingerprint density at radius 3 is 2.90 bits per heavy atom. The number of benzene rings is 1. The molecular formula is C15H21N5O. The molecule has 2 aromatic rings. The normalized spacial score (nSPS) is 15.4. The summed E-state index contributed by atoms with van der Waals surface area (Å²) in [6.45, 7) is 5.58. The van der Waals surface area contributed by atoms with Gasteiger partial charge in [-0.2, -0.15) is 5.10 Å². The van der Waals surface area contributed by atoms with E-state index >= 15 is 0 Å². The van der Waals surface area contributed by atoms with Crippen molar-refractivity contribution in [3.05, 3.63) is 47.0 Å². The maximum absolute atomic E-state index is 5.75. The van der Waals surface area contributed by atoms with Crippen LogP contribution in [0.15, 0.2) is 24.5 Å². The SMILES string of the molecule is CC(C)n1ncnc1CC(NN)c1ccc2c(c1)COC2. The van der Waals surface area contributed by atoms with Crippen molar-refractivity contribution in [3.63, 3.8) is 0 Å². The number of nitrogens with two attached hydrogens (primary N) is 1. The lowest BCUT2D eigenvalue weighted by Crippen LogP contribution is -2.30. The molecule has 1 aromatic carbocycles. The molecule has 1 unspecified atom stereocenters. The minimum atomic E-state index is 0.0117. The van der Waals surface area contributed by atoms with E-state index in [1.165, 1.54) is 11.1 Å². The van der Waals surface area contributed by atoms with Crippen molar-refractivity contribution in [2.45, 2.75) is 45.6 Å². The third-order valence-electron chi connectivity index (χ3n) is 3.87. The fourth-order valence-electron chi connectivity index (χ4n) is 2.72. The van der Waals surface area contributed by atoms with Crippen LogP contribution in [0.5, 0.6) is 0 Å². The molecule has 112 valence electrons. The van der Waals surface area contributed by atoms with Crippen molar-refractivity contribution in [2.24, 2.45) is 5.84 Å². The summed E-state index contributed by atoms with van der Waals surface area (Å²) in [7, 11) is 0. The average molecular weight is 287 g/mol. The van der Waals surface area contributed by atoms with Crippen LogP contribution in [0.25, 0.3) is 0 Å². The third kappa shape index (κ3) is 2.83. The summed E-state index contributed by atoms with van der Waals surface area (Å²) in [5.74, 6) is 6.69. The molecule has 6 nitrogen and oxygen atoms in total. The van der Waals surface area contributed by atoms with Crippen LogP contribution in [-0.2, 0) is 24.4 Å². The topological polar surface area (TPSA) is 78.0 Å². The lowest BCUT2D eigenvalue weighted by Gasteiger charge is -2.18. The number of aromatic nitrogens is 3. The predicted molar refractivity (Wildman–Crippen MR) is 79.1 cm³/mol. The summed E-state index contributed by atoms with van der Waals surface area (Å²) >= 11 is 0. The molecule has 3 N–H and O–H groups in total. The lowest BCUT2D eigenvalue weighted by molar-refractivity contribution is 0.134. The van der Waals surface area contributed by atoms with E-state index in [9.17, 15) is 0 Å². The van der Waals surface area contributed by atoms with Gasteiger partial charge >= 0.3 is 0 Å². The molecule has 0 bridgehead atoms. The Morgan fingerprint density at radius 1 is 1.33 bits per heavy atom. The van der Waals surface area contributed by atoms with E-state index in [2.05, 4.69) is 47.6 Å². The highest BCUT2D eigenvalue weighted by Crippen LogP contribution is 2.25. The van der Waals surface area contributed by atoms with Crippen molar-refractivity contribution >= 4 is 0 Å². The second-order valence-electron chi connectivity index (χ2n) is 5.66. The zero-order valence-corrected chi connectivity index (χ0v) is 12.4. The summed E-state index contributed by atoms with van der Waals surface area (Å²) < 4.78 is 7.39. The molecule has 0 aliphatic carbocycles. The molecule has 0 spiro atoms. The van der Waals surface area contributed by atoms with Crippen molar-refractivity contribution < 1.29 is 4.74 Å². The Labute approximate surface area is 124 Å². The smallest absolute Gasteiger partial charge is 0.138 e. The van der Waals surface area contributed by atoms with Crippen LogP contribution in [0.2, 0.25) is 0 Å². The van der Waals surface area contributed by atoms with Crippen LogP contribution in [-0.4, -0.2) is 14.8 Å². The first-order valence-electron chi connectivity index (χ1n) is 7.23. The van der Waals surface area contributed by atoms with Crippen LogP contribution < -0.4 is 11.3 Å². The van der Waals surface area contributed by atoms with Gasteiger partial charge in [0.2, 0.25) is 0 Å². The van der Waals surface area contributed by atoms with Crippen LogP contribution in [0, 0.1) is 0 Å². The van der Waals surface area contributed by atoms with E-state index in [0.29, 0.717) is 19.6 Å². The molecule has 0 saturated carbocycles. The largest absolute Gasteiger partial charge is 0.372 e. The van der Waals surface area contributed by atoms with E-state index in [4.69, 9.17) is 10.6 Å². The van der Waals surface area contributed by atoms with Gasteiger partial charge in [0, 0.05) is 12.5 Å². The molecule has 1 aliphatic heterocycles. The number of rotatable bonds is 5. The Morgan fingerprint density at radius 2 is 2.14 bits per heavy atom. The first-order chi connectivity index (χ1) is 10.2.